The third kappa shape index (κ3) is 1.97. The Bertz CT molecular complexity index is 506. The molecule has 0 amide bonds. The molecule has 0 atom stereocenters. The fourth-order valence-electron chi connectivity index (χ4n) is 1.58. The topological polar surface area (TPSA) is 42.1 Å². The van der Waals surface area contributed by atoms with Gasteiger partial charge in [-0.3, -0.25) is 0 Å². The molecule has 2 aromatic rings. The van der Waals surface area contributed by atoms with Crippen LogP contribution in [0, 0.1) is 6.92 Å². The Morgan fingerprint density at radius 3 is 2.88 bits per heavy atom. The molecular formula is C12H12BrNO2. The largest absolute Gasteiger partial charge is 0.461 e. The minimum atomic E-state index is -0.313. The van der Waals surface area contributed by atoms with E-state index in [-0.39, 0.29) is 5.97 Å². The van der Waals surface area contributed by atoms with E-state index < -0.39 is 0 Å². The first-order chi connectivity index (χ1) is 7.61. The van der Waals surface area contributed by atoms with Crippen LogP contribution in [0.5, 0.6) is 0 Å². The minimum absolute atomic E-state index is 0.313. The summed E-state index contributed by atoms with van der Waals surface area (Å²) in [6.45, 7) is 4.19. The van der Waals surface area contributed by atoms with Crippen molar-refractivity contribution in [2.45, 2.75) is 13.8 Å². The number of halogens is 1. The molecule has 0 aliphatic heterocycles. The number of esters is 1. The summed E-state index contributed by atoms with van der Waals surface area (Å²) in [4.78, 5) is 14.6. The summed E-state index contributed by atoms with van der Waals surface area (Å²) in [6.07, 6.45) is 0. The SMILES string of the molecule is CCOC(=O)c1cc2cc(Br)c(C)cc2[nH]1. The first kappa shape index (κ1) is 11.2. The molecule has 0 radical (unpaired) electrons. The lowest BCUT2D eigenvalue weighted by molar-refractivity contribution is 0.0520. The number of fused-ring (bicyclic) bond motifs is 1. The van der Waals surface area contributed by atoms with Crippen molar-refractivity contribution < 1.29 is 9.53 Å². The molecule has 0 aliphatic rings. The van der Waals surface area contributed by atoms with Crippen molar-refractivity contribution in [2.75, 3.05) is 6.61 Å². The molecular weight excluding hydrogens is 270 g/mol. The van der Waals surface area contributed by atoms with Gasteiger partial charge in [-0.25, -0.2) is 4.79 Å². The highest BCUT2D eigenvalue weighted by atomic mass is 79.9. The Morgan fingerprint density at radius 2 is 2.19 bits per heavy atom. The van der Waals surface area contributed by atoms with Crippen molar-refractivity contribution in [1.82, 2.24) is 4.98 Å². The zero-order valence-electron chi connectivity index (χ0n) is 9.13. The molecule has 0 saturated heterocycles. The molecule has 0 saturated carbocycles. The van der Waals surface area contributed by atoms with Crippen molar-refractivity contribution in [3.8, 4) is 0 Å². The highest BCUT2D eigenvalue weighted by Gasteiger charge is 2.10. The van der Waals surface area contributed by atoms with Crippen LogP contribution in [0.1, 0.15) is 23.0 Å². The predicted octanol–water partition coefficient (Wildman–Crippen LogP) is 3.42. The van der Waals surface area contributed by atoms with Crippen LogP contribution in [0.2, 0.25) is 0 Å². The standard InChI is InChI=1S/C12H12BrNO2/c1-3-16-12(15)11-6-8-5-9(13)7(2)4-10(8)14-11/h4-6,14H,3H2,1-2H3. The summed E-state index contributed by atoms with van der Waals surface area (Å²) < 4.78 is 5.97. The molecule has 0 aliphatic carbocycles. The van der Waals surface area contributed by atoms with Gasteiger partial charge in [0.2, 0.25) is 0 Å². The van der Waals surface area contributed by atoms with Gasteiger partial charge in [-0.2, -0.15) is 0 Å². The van der Waals surface area contributed by atoms with Gasteiger partial charge in [0.05, 0.1) is 6.61 Å². The molecule has 1 N–H and O–H groups in total. The molecule has 2 rings (SSSR count). The van der Waals surface area contributed by atoms with Gasteiger partial charge in [-0.15, -0.1) is 0 Å². The smallest absolute Gasteiger partial charge is 0.354 e. The Hall–Kier alpha value is -1.29. The Morgan fingerprint density at radius 1 is 1.44 bits per heavy atom. The lowest BCUT2D eigenvalue weighted by Gasteiger charge is -1.97. The summed E-state index contributed by atoms with van der Waals surface area (Å²) in [5, 5.41) is 1.00. The number of nitrogens with one attached hydrogen (secondary N) is 1. The number of hydrogen-bond acceptors (Lipinski definition) is 2. The molecule has 3 nitrogen and oxygen atoms in total. The molecule has 16 heavy (non-hydrogen) atoms. The number of H-pyrrole nitrogens is 1. The fraction of sp³-hybridized carbons (Fsp3) is 0.250. The summed E-state index contributed by atoms with van der Waals surface area (Å²) in [7, 11) is 0. The van der Waals surface area contributed by atoms with Gasteiger partial charge in [0.1, 0.15) is 5.69 Å². The normalized spacial score (nSPS) is 10.7. The number of aryl methyl sites for hydroxylation is 1. The molecule has 1 aromatic carbocycles. The molecule has 1 heterocycles. The second-order valence-electron chi connectivity index (χ2n) is 3.59. The predicted molar refractivity (Wildman–Crippen MR) is 66.7 cm³/mol. The Labute approximate surface area is 102 Å². The van der Waals surface area contributed by atoms with E-state index in [0.29, 0.717) is 12.3 Å². The van der Waals surface area contributed by atoms with Crippen LogP contribution >= 0.6 is 15.9 Å². The van der Waals surface area contributed by atoms with E-state index >= 15 is 0 Å². The third-order valence-electron chi connectivity index (χ3n) is 2.40. The summed E-state index contributed by atoms with van der Waals surface area (Å²) in [5.74, 6) is -0.313. The molecule has 84 valence electrons. The number of aromatic amines is 1. The highest BCUT2D eigenvalue weighted by molar-refractivity contribution is 9.10. The van der Waals surface area contributed by atoms with Crippen LogP contribution in [0.15, 0.2) is 22.7 Å². The maximum absolute atomic E-state index is 11.5. The van der Waals surface area contributed by atoms with E-state index in [1.807, 2.05) is 19.1 Å². The monoisotopic (exact) mass is 281 g/mol. The van der Waals surface area contributed by atoms with Gasteiger partial charge in [0, 0.05) is 15.4 Å². The van der Waals surface area contributed by atoms with E-state index in [1.54, 1.807) is 13.0 Å². The van der Waals surface area contributed by atoms with Crippen LogP contribution < -0.4 is 0 Å². The lowest BCUT2D eigenvalue weighted by atomic mass is 10.2. The second kappa shape index (κ2) is 4.29. The number of benzene rings is 1. The van der Waals surface area contributed by atoms with Crippen LogP contribution in [-0.2, 0) is 4.74 Å². The van der Waals surface area contributed by atoms with E-state index in [4.69, 9.17) is 4.74 Å². The van der Waals surface area contributed by atoms with Gasteiger partial charge in [-0.05, 0) is 37.6 Å². The number of carbonyl (C=O) groups is 1. The molecule has 0 spiro atoms. The maximum Gasteiger partial charge on any atom is 0.354 e. The van der Waals surface area contributed by atoms with Crippen LogP contribution in [-0.4, -0.2) is 17.6 Å². The Balaban J connectivity index is 2.48. The number of hydrogen-bond donors (Lipinski definition) is 1. The van der Waals surface area contributed by atoms with E-state index in [2.05, 4.69) is 20.9 Å². The van der Waals surface area contributed by atoms with Crippen molar-refractivity contribution in [3.63, 3.8) is 0 Å². The molecule has 4 heteroatoms. The highest BCUT2D eigenvalue weighted by Crippen LogP contribution is 2.24. The minimum Gasteiger partial charge on any atom is -0.461 e. The van der Waals surface area contributed by atoms with E-state index in [1.165, 1.54) is 0 Å². The average molecular weight is 282 g/mol. The number of carbonyl (C=O) groups excluding carboxylic acids is 1. The van der Waals surface area contributed by atoms with Crippen LogP contribution in [0.4, 0.5) is 0 Å². The second-order valence-corrected chi connectivity index (χ2v) is 4.45. The van der Waals surface area contributed by atoms with Crippen molar-refractivity contribution in [3.05, 3.63) is 33.9 Å². The fourth-order valence-corrected chi connectivity index (χ4v) is 1.94. The first-order valence-corrected chi connectivity index (χ1v) is 5.87. The van der Waals surface area contributed by atoms with Crippen molar-refractivity contribution >= 4 is 32.8 Å². The summed E-state index contributed by atoms with van der Waals surface area (Å²) in [6, 6.07) is 5.80. The van der Waals surface area contributed by atoms with Gasteiger partial charge in [0.15, 0.2) is 0 Å². The van der Waals surface area contributed by atoms with Crippen LogP contribution in [0.3, 0.4) is 0 Å². The maximum atomic E-state index is 11.5. The third-order valence-corrected chi connectivity index (χ3v) is 3.25. The zero-order chi connectivity index (χ0) is 11.7. The zero-order valence-corrected chi connectivity index (χ0v) is 10.7. The molecule has 0 bridgehead atoms. The first-order valence-electron chi connectivity index (χ1n) is 5.08. The van der Waals surface area contributed by atoms with E-state index in [0.717, 1.165) is 20.9 Å². The molecule has 0 fully saturated rings. The van der Waals surface area contributed by atoms with Gasteiger partial charge >= 0.3 is 5.97 Å². The average Bonchev–Trinajstić information content (AvgIpc) is 2.62. The van der Waals surface area contributed by atoms with Gasteiger partial charge < -0.3 is 9.72 Å². The quantitative estimate of drug-likeness (QED) is 0.857. The molecule has 0 unspecified atom stereocenters. The summed E-state index contributed by atoms with van der Waals surface area (Å²) in [5.41, 5.74) is 2.57. The molecule has 1 aromatic heterocycles. The van der Waals surface area contributed by atoms with Gasteiger partial charge in [0.25, 0.3) is 0 Å². The van der Waals surface area contributed by atoms with E-state index in [9.17, 15) is 4.79 Å². The number of aromatic nitrogens is 1. The number of ether oxygens (including phenoxy) is 1. The van der Waals surface area contributed by atoms with Gasteiger partial charge in [-0.1, -0.05) is 15.9 Å². The summed E-state index contributed by atoms with van der Waals surface area (Å²) >= 11 is 3.46. The van der Waals surface area contributed by atoms with Crippen LogP contribution in [0.25, 0.3) is 10.9 Å². The van der Waals surface area contributed by atoms with Crippen molar-refractivity contribution in [2.24, 2.45) is 0 Å². The lowest BCUT2D eigenvalue weighted by Crippen LogP contribution is -2.04. The van der Waals surface area contributed by atoms with Crippen molar-refractivity contribution in [1.29, 1.82) is 0 Å². The number of rotatable bonds is 2. The Kier molecular flexibility index (Phi) is 3.01.